The van der Waals surface area contributed by atoms with Gasteiger partial charge in [0.25, 0.3) is 0 Å². The Bertz CT molecular complexity index is 779. The second-order valence-corrected chi connectivity index (χ2v) is 7.57. The number of carbonyl (C=O) groups excluding carboxylic acids is 1. The first-order valence-electron chi connectivity index (χ1n) is 6.87. The summed E-state index contributed by atoms with van der Waals surface area (Å²) < 4.78 is 7.56. The molecule has 0 unspecified atom stereocenters. The zero-order valence-corrected chi connectivity index (χ0v) is 14.9. The lowest BCUT2D eigenvalue weighted by molar-refractivity contribution is 0.0543. The van der Waals surface area contributed by atoms with Gasteiger partial charge in [-0.15, -0.1) is 0 Å². The van der Waals surface area contributed by atoms with Crippen molar-refractivity contribution in [2.45, 2.75) is 45.6 Å². The van der Waals surface area contributed by atoms with Crippen LogP contribution in [0.5, 0.6) is 0 Å². The average molecular weight is 364 g/mol. The molecule has 22 heavy (non-hydrogen) atoms. The van der Waals surface area contributed by atoms with Gasteiger partial charge in [0.15, 0.2) is 0 Å². The van der Waals surface area contributed by atoms with E-state index in [9.17, 15) is 10.1 Å². The summed E-state index contributed by atoms with van der Waals surface area (Å²) >= 11 is 3.38. The van der Waals surface area contributed by atoms with E-state index in [1.165, 1.54) is 4.57 Å². The molecule has 2 aromatic heterocycles. The minimum Gasteiger partial charge on any atom is -0.443 e. The molecule has 0 bridgehead atoms. The SMILES string of the molecule is CC(C)(C)OC(=O)n1cc(C(C)(C)C#N)c2cc(Br)cnc21. The molecular formula is C16H18BrN3O2. The Hall–Kier alpha value is -1.87. The van der Waals surface area contributed by atoms with Crippen LogP contribution in [0.3, 0.4) is 0 Å². The first-order valence-corrected chi connectivity index (χ1v) is 7.66. The normalized spacial score (nSPS) is 12.2. The summed E-state index contributed by atoms with van der Waals surface area (Å²) in [6.07, 6.45) is 2.75. The van der Waals surface area contributed by atoms with E-state index in [4.69, 9.17) is 4.74 Å². The summed E-state index contributed by atoms with van der Waals surface area (Å²) in [5.41, 5.74) is -0.123. The number of nitriles is 1. The number of pyridine rings is 1. The molecule has 0 amide bonds. The second-order valence-electron chi connectivity index (χ2n) is 6.65. The van der Waals surface area contributed by atoms with Gasteiger partial charge in [-0.05, 0) is 62.2 Å². The maximum absolute atomic E-state index is 12.4. The molecule has 0 N–H and O–H groups in total. The number of ether oxygens (including phenoxy) is 1. The van der Waals surface area contributed by atoms with Crippen LogP contribution in [0, 0.1) is 11.3 Å². The van der Waals surface area contributed by atoms with Gasteiger partial charge in [0.1, 0.15) is 11.2 Å². The van der Waals surface area contributed by atoms with E-state index in [0.29, 0.717) is 5.65 Å². The van der Waals surface area contributed by atoms with Crippen LogP contribution in [0.2, 0.25) is 0 Å². The van der Waals surface area contributed by atoms with E-state index in [-0.39, 0.29) is 0 Å². The molecule has 116 valence electrons. The fraction of sp³-hybridized carbons (Fsp3) is 0.438. The second kappa shape index (κ2) is 5.40. The smallest absolute Gasteiger partial charge is 0.420 e. The maximum atomic E-state index is 12.4. The highest BCUT2D eigenvalue weighted by molar-refractivity contribution is 9.10. The summed E-state index contributed by atoms with van der Waals surface area (Å²) in [6, 6.07) is 4.12. The topological polar surface area (TPSA) is 67.9 Å². The van der Waals surface area contributed by atoms with Gasteiger partial charge < -0.3 is 4.74 Å². The molecule has 0 aromatic carbocycles. The van der Waals surface area contributed by atoms with Gasteiger partial charge in [-0.2, -0.15) is 5.26 Å². The highest BCUT2D eigenvalue weighted by atomic mass is 79.9. The van der Waals surface area contributed by atoms with Gasteiger partial charge in [-0.3, -0.25) is 0 Å². The monoisotopic (exact) mass is 363 g/mol. The van der Waals surface area contributed by atoms with E-state index in [0.717, 1.165) is 15.4 Å². The number of hydrogen-bond donors (Lipinski definition) is 0. The van der Waals surface area contributed by atoms with Gasteiger partial charge in [0.05, 0.1) is 11.5 Å². The Morgan fingerprint density at radius 2 is 2.00 bits per heavy atom. The summed E-state index contributed by atoms with van der Waals surface area (Å²) in [5.74, 6) is 0. The van der Waals surface area contributed by atoms with Gasteiger partial charge in [-0.1, -0.05) is 0 Å². The lowest BCUT2D eigenvalue weighted by Gasteiger charge is -2.19. The van der Waals surface area contributed by atoms with Crippen LogP contribution in [0.4, 0.5) is 4.79 Å². The summed E-state index contributed by atoms with van der Waals surface area (Å²) in [4.78, 5) is 16.7. The van der Waals surface area contributed by atoms with Crippen molar-refractivity contribution in [3.63, 3.8) is 0 Å². The number of carbonyl (C=O) groups is 1. The standard InChI is InChI=1S/C16H18BrN3O2/c1-15(2,3)22-14(21)20-8-12(16(4,5)9-18)11-6-10(17)7-19-13(11)20/h6-8H,1-5H3. The highest BCUT2D eigenvalue weighted by Crippen LogP contribution is 2.32. The van der Waals surface area contributed by atoms with Crippen LogP contribution < -0.4 is 0 Å². The van der Waals surface area contributed by atoms with Crippen LogP contribution in [0.1, 0.15) is 40.2 Å². The lowest BCUT2D eigenvalue weighted by atomic mass is 9.86. The number of halogens is 1. The first kappa shape index (κ1) is 16.5. The van der Waals surface area contributed by atoms with Gasteiger partial charge in [-0.25, -0.2) is 14.3 Å². The predicted molar refractivity (Wildman–Crippen MR) is 87.7 cm³/mol. The molecule has 2 heterocycles. The molecule has 0 fully saturated rings. The van der Waals surface area contributed by atoms with Crippen molar-refractivity contribution < 1.29 is 9.53 Å². The lowest BCUT2D eigenvalue weighted by Crippen LogP contribution is -2.27. The number of rotatable bonds is 1. The zero-order valence-electron chi connectivity index (χ0n) is 13.3. The number of fused-ring (bicyclic) bond motifs is 1. The Morgan fingerprint density at radius 3 is 2.55 bits per heavy atom. The molecule has 5 nitrogen and oxygen atoms in total. The third kappa shape index (κ3) is 3.14. The minimum atomic E-state index is -0.742. The number of aromatic nitrogens is 2. The van der Waals surface area contributed by atoms with Crippen LogP contribution in [-0.4, -0.2) is 21.2 Å². The molecule has 0 aliphatic heterocycles. The minimum absolute atomic E-state index is 0.482. The zero-order chi connectivity index (χ0) is 16.7. The average Bonchev–Trinajstić information content (AvgIpc) is 2.76. The van der Waals surface area contributed by atoms with E-state index in [1.54, 1.807) is 33.2 Å². The van der Waals surface area contributed by atoms with Crippen LogP contribution in [0.15, 0.2) is 22.9 Å². The third-order valence-corrected chi connectivity index (χ3v) is 3.59. The third-order valence-electron chi connectivity index (χ3n) is 3.15. The van der Waals surface area contributed by atoms with Crippen molar-refractivity contribution in [2.75, 3.05) is 0 Å². The molecule has 0 spiro atoms. The van der Waals surface area contributed by atoms with Crippen molar-refractivity contribution in [1.29, 1.82) is 5.26 Å². The number of hydrogen-bond acceptors (Lipinski definition) is 4. The Morgan fingerprint density at radius 1 is 1.36 bits per heavy atom. The van der Waals surface area contributed by atoms with Crippen molar-refractivity contribution in [3.05, 3.63) is 28.5 Å². The summed E-state index contributed by atoms with van der Waals surface area (Å²) in [5, 5.41) is 10.2. The summed E-state index contributed by atoms with van der Waals surface area (Å²) in [7, 11) is 0. The fourth-order valence-electron chi connectivity index (χ4n) is 2.09. The molecule has 0 aliphatic carbocycles. The van der Waals surface area contributed by atoms with E-state index in [2.05, 4.69) is 27.0 Å². The Kier molecular flexibility index (Phi) is 4.05. The molecule has 0 saturated carbocycles. The fourth-order valence-corrected chi connectivity index (χ4v) is 2.42. The first-order chi connectivity index (χ1) is 10.0. The molecule has 0 atom stereocenters. The predicted octanol–water partition coefficient (Wildman–Crippen LogP) is 4.38. The van der Waals surface area contributed by atoms with Gasteiger partial charge in [0, 0.05) is 22.3 Å². The van der Waals surface area contributed by atoms with E-state index in [1.807, 2.05) is 19.9 Å². The molecule has 0 aliphatic rings. The summed E-state index contributed by atoms with van der Waals surface area (Å²) in [6.45, 7) is 9.03. The number of nitrogens with zero attached hydrogens (tertiary/aromatic N) is 3. The molecular weight excluding hydrogens is 346 g/mol. The van der Waals surface area contributed by atoms with Crippen LogP contribution >= 0.6 is 15.9 Å². The van der Waals surface area contributed by atoms with Gasteiger partial charge in [0.2, 0.25) is 0 Å². The maximum Gasteiger partial charge on any atom is 0.420 e. The molecule has 2 rings (SSSR count). The Labute approximate surface area is 138 Å². The largest absolute Gasteiger partial charge is 0.443 e. The molecule has 0 radical (unpaired) electrons. The van der Waals surface area contributed by atoms with E-state index < -0.39 is 17.1 Å². The van der Waals surface area contributed by atoms with Crippen molar-refractivity contribution in [2.24, 2.45) is 0 Å². The molecule has 6 heteroatoms. The van der Waals surface area contributed by atoms with Crippen molar-refractivity contribution >= 4 is 33.1 Å². The molecule has 2 aromatic rings. The van der Waals surface area contributed by atoms with Gasteiger partial charge >= 0.3 is 6.09 Å². The highest BCUT2D eigenvalue weighted by Gasteiger charge is 2.28. The van der Waals surface area contributed by atoms with Crippen molar-refractivity contribution in [3.8, 4) is 6.07 Å². The van der Waals surface area contributed by atoms with Crippen LogP contribution in [-0.2, 0) is 10.2 Å². The molecule has 0 saturated heterocycles. The van der Waals surface area contributed by atoms with E-state index >= 15 is 0 Å². The van der Waals surface area contributed by atoms with Crippen molar-refractivity contribution in [1.82, 2.24) is 9.55 Å². The Balaban J connectivity index is 2.67. The van der Waals surface area contributed by atoms with Crippen LogP contribution in [0.25, 0.3) is 11.0 Å². The quantitative estimate of drug-likeness (QED) is 0.753.